The highest BCUT2D eigenvalue weighted by atomic mass is 35.5. The largest absolute Gasteiger partial charge is 0.495 e. The van der Waals surface area contributed by atoms with Crippen LogP contribution in [-0.2, 0) is 19.6 Å². The van der Waals surface area contributed by atoms with Gasteiger partial charge < -0.3 is 14.8 Å². The number of thiophene rings is 1. The number of methoxy groups -OCH3 is 2. The van der Waals surface area contributed by atoms with Crippen molar-refractivity contribution < 1.29 is 27.5 Å². The Morgan fingerprint density at radius 3 is 2.41 bits per heavy atom. The van der Waals surface area contributed by atoms with E-state index in [2.05, 4.69) is 5.32 Å². The quantitative estimate of drug-likeness (QED) is 0.287. The van der Waals surface area contributed by atoms with Crippen LogP contribution in [0.25, 0.3) is 10.1 Å². The SMILES string of the molecule is COC(=O)c1cc2cc(NC(=O)CN(c3ccc(Cl)cc3)S(=O)(=O)c3cc(C)ccc3OC)ccc2s1. The van der Waals surface area contributed by atoms with E-state index in [0.29, 0.717) is 15.6 Å². The number of halogens is 1. The van der Waals surface area contributed by atoms with E-state index in [1.165, 1.54) is 43.8 Å². The molecule has 11 heteroatoms. The number of rotatable bonds is 8. The number of aryl methyl sites for hydroxylation is 1. The molecule has 4 rings (SSSR count). The monoisotopic (exact) mass is 558 g/mol. The maximum Gasteiger partial charge on any atom is 0.348 e. The predicted octanol–water partition coefficient (Wildman–Crippen LogP) is 5.49. The molecule has 0 bridgehead atoms. The van der Waals surface area contributed by atoms with Gasteiger partial charge in [0.1, 0.15) is 22.1 Å². The molecule has 3 aromatic carbocycles. The van der Waals surface area contributed by atoms with Gasteiger partial charge >= 0.3 is 5.97 Å². The van der Waals surface area contributed by atoms with Gasteiger partial charge in [0.15, 0.2) is 0 Å². The summed E-state index contributed by atoms with van der Waals surface area (Å²) in [7, 11) is -1.51. The lowest BCUT2D eigenvalue weighted by atomic mass is 10.2. The minimum Gasteiger partial charge on any atom is -0.495 e. The Balaban J connectivity index is 1.66. The van der Waals surface area contributed by atoms with E-state index in [0.717, 1.165) is 20.0 Å². The second kappa shape index (κ2) is 10.8. The third kappa shape index (κ3) is 5.71. The van der Waals surface area contributed by atoms with Crippen LogP contribution in [0.1, 0.15) is 15.2 Å². The van der Waals surface area contributed by atoms with Gasteiger partial charge in [-0.05, 0) is 78.5 Å². The van der Waals surface area contributed by atoms with Crippen LogP contribution < -0.4 is 14.4 Å². The molecule has 0 atom stereocenters. The van der Waals surface area contributed by atoms with Crippen LogP contribution in [0.2, 0.25) is 5.02 Å². The van der Waals surface area contributed by atoms with Crippen LogP contribution in [0.5, 0.6) is 5.75 Å². The number of anilines is 2. The lowest BCUT2D eigenvalue weighted by Crippen LogP contribution is -2.38. The van der Waals surface area contributed by atoms with E-state index in [1.807, 2.05) is 0 Å². The van der Waals surface area contributed by atoms with Crippen molar-refractivity contribution in [1.82, 2.24) is 0 Å². The highest BCUT2D eigenvalue weighted by molar-refractivity contribution is 7.93. The van der Waals surface area contributed by atoms with Crippen molar-refractivity contribution >= 4 is 66.3 Å². The molecule has 0 radical (unpaired) electrons. The highest BCUT2D eigenvalue weighted by Crippen LogP contribution is 2.32. The molecule has 0 spiro atoms. The Hall–Kier alpha value is -3.60. The minimum atomic E-state index is -4.21. The van der Waals surface area contributed by atoms with Crippen LogP contribution >= 0.6 is 22.9 Å². The molecular weight excluding hydrogens is 536 g/mol. The van der Waals surface area contributed by atoms with Crippen molar-refractivity contribution in [2.75, 3.05) is 30.4 Å². The summed E-state index contributed by atoms with van der Waals surface area (Å²) >= 11 is 7.29. The summed E-state index contributed by atoms with van der Waals surface area (Å²) in [5.74, 6) is -0.843. The normalized spacial score (nSPS) is 11.2. The first-order chi connectivity index (χ1) is 17.6. The van der Waals surface area contributed by atoms with Crippen LogP contribution in [0.4, 0.5) is 11.4 Å². The number of nitrogens with one attached hydrogen (secondary N) is 1. The van der Waals surface area contributed by atoms with E-state index in [4.69, 9.17) is 21.1 Å². The number of fused-ring (bicyclic) bond motifs is 1. The van der Waals surface area contributed by atoms with Crippen molar-refractivity contribution in [3.05, 3.63) is 82.2 Å². The first kappa shape index (κ1) is 26.5. The zero-order valence-corrected chi connectivity index (χ0v) is 22.5. The number of sulfonamides is 1. The Kier molecular flexibility index (Phi) is 7.72. The summed E-state index contributed by atoms with van der Waals surface area (Å²) in [4.78, 5) is 25.3. The first-order valence-electron chi connectivity index (χ1n) is 11.0. The summed E-state index contributed by atoms with van der Waals surface area (Å²) in [5.41, 5.74) is 1.43. The number of carbonyl (C=O) groups is 2. The second-order valence-corrected chi connectivity index (χ2v) is 11.4. The average molecular weight is 559 g/mol. The maximum absolute atomic E-state index is 13.8. The van der Waals surface area contributed by atoms with Crippen molar-refractivity contribution in [2.24, 2.45) is 0 Å². The number of amides is 1. The summed E-state index contributed by atoms with van der Waals surface area (Å²) in [6, 6.07) is 17.8. The fourth-order valence-corrected chi connectivity index (χ4v) is 6.43. The van der Waals surface area contributed by atoms with Gasteiger partial charge in [-0.15, -0.1) is 11.3 Å². The highest BCUT2D eigenvalue weighted by Gasteiger charge is 2.30. The Bertz CT molecular complexity index is 1580. The van der Waals surface area contributed by atoms with Gasteiger partial charge in [0.05, 0.1) is 19.9 Å². The van der Waals surface area contributed by atoms with Gasteiger partial charge in [-0.25, -0.2) is 13.2 Å². The summed E-state index contributed by atoms with van der Waals surface area (Å²) in [5, 5.41) is 3.92. The fourth-order valence-electron chi connectivity index (χ4n) is 3.68. The number of esters is 1. The zero-order chi connectivity index (χ0) is 26.7. The predicted molar refractivity (Wildman–Crippen MR) is 146 cm³/mol. The molecule has 0 aliphatic rings. The molecule has 8 nitrogen and oxygen atoms in total. The molecule has 37 heavy (non-hydrogen) atoms. The molecule has 0 unspecified atom stereocenters. The Morgan fingerprint density at radius 1 is 1.00 bits per heavy atom. The van der Waals surface area contributed by atoms with Crippen LogP contribution in [0.3, 0.4) is 0 Å². The summed E-state index contributed by atoms with van der Waals surface area (Å²) in [6.07, 6.45) is 0. The number of carbonyl (C=O) groups excluding carboxylic acids is 2. The number of hydrogen-bond donors (Lipinski definition) is 1. The summed E-state index contributed by atoms with van der Waals surface area (Å²) in [6.45, 7) is 1.26. The van der Waals surface area contributed by atoms with Crippen molar-refractivity contribution in [3.63, 3.8) is 0 Å². The summed E-state index contributed by atoms with van der Waals surface area (Å²) < 4.78 is 39.5. The van der Waals surface area contributed by atoms with E-state index < -0.39 is 28.4 Å². The Morgan fingerprint density at radius 2 is 1.73 bits per heavy atom. The molecule has 0 aliphatic carbocycles. The minimum absolute atomic E-state index is 0.0622. The van der Waals surface area contributed by atoms with Gasteiger partial charge in [-0.2, -0.15) is 0 Å². The molecule has 0 fully saturated rings. The Labute approximate surface area is 223 Å². The number of ether oxygens (including phenoxy) is 2. The molecule has 1 aromatic heterocycles. The van der Waals surface area contributed by atoms with Crippen LogP contribution in [0.15, 0.2) is 71.6 Å². The van der Waals surface area contributed by atoms with Crippen molar-refractivity contribution in [2.45, 2.75) is 11.8 Å². The number of nitrogens with zero attached hydrogens (tertiary/aromatic N) is 1. The van der Waals surface area contributed by atoms with E-state index >= 15 is 0 Å². The van der Waals surface area contributed by atoms with Crippen LogP contribution in [-0.4, -0.2) is 41.1 Å². The van der Waals surface area contributed by atoms with E-state index in [1.54, 1.807) is 55.5 Å². The second-order valence-electron chi connectivity index (χ2n) is 8.05. The molecule has 0 saturated heterocycles. The standard InChI is InChI=1S/C26H23ClN2O6S2/c1-16-4-10-21(34-2)24(12-16)37(32,33)29(20-8-5-18(27)6-9-20)15-25(30)28-19-7-11-22-17(13-19)14-23(36-22)26(31)35-3/h4-14H,15H2,1-3H3,(H,28,30). The lowest BCUT2D eigenvalue weighted by molar-refractivity contribution is -0.114. The molecule has 1 amide bonds. The van der Waals surface area contributed by atoms with Crippen LogP contribution in [0, 0.1) is 6.92 Å². The third-order valence-electron chi connectivity index (χ3n) is 5.48. The van der Waals surface area contributed by atoms with Gasteiger partial charge in [0.25, 0.3) is 10.0 Å². The van der Waals surface area contributed by atoms with Gasteiger partial charge in [-0.3, -0.25) is 9.10 Å². The molecular formula is C26H23ClN2O6S2. The molecule has 1 heterocycles. The first-order valence-corrected chi connectivity index (χ1v) is 13.6. The zero-order valence-electron chi connectivity index (χ0n) is 20.1. The van der Waals surface area contributed by atoms with Gasteiger partial charge in [0, 0.05) is 15.4 Å². The molecule has 0 saturated carbocycles. The lowest BCUT2D eigenvalue weighted by Gasteiger charge is -2.25. The third-order valence-corrected chi connectivity index (χ3v) is 8.62. The fraction of sp³-hybridized carbons (Fsp3) is 0.154. The number of benzene rings is 3. The average Bonchev–Trinajstić information content (AvgIpc) is 3.31. The molecule has 0 aliphatic heterocycles. The smallest absolute Gasteiger partial charge is 0.348 e. The van der Waals surface area contributed by atoms with Gasteiger partial charge in [0.2, 0.25) is 5.91 Å². The number of hydrogen-bond acceptors (Lipinski definition) is 7. The van der Waals surface area contributed by atoms with E-state index in [9.17, 15) is 18.0 Å². The molecule has 4 aromatic rings. The maximum atomic E-state index is 13.8. The topological polar surface area (TPSA) is 102 Å². The molecule has 192 valence electrons. The van der Waals surface area contributed by atoms with Crippen molar-refractivity contribution in [3.8, 4) is 5.75 Å². The van der Waals surface area contributed by atoms with Gasteiger partial charge in [-0.1, -0.05) is 17.7 Å². The van der Waals surface area contributed by atoms with E-state index in [-0.39, 0.29) is 16.3 Å². The molecule has 1 N–H and O–H groups in total. The van der Waals surface area contributed by atoms with Crippen molar-refractivity contribution in [1.29, 1.82) is 0 Å².